The van der Waals surface area contributed by atoms with E-state index < -0.39 is 0 Å². The van der Waals surface area contributed by atoms with Crippen LogP contribution in [0.5, 0.6) is 0 Å². The summed E-state index contributed by atoms with van der Waals surface area (Å²) in [5.74, 6) is 0.459. The minimum absolute atomic E-state index is 0.459. The lowest BCUT2D eigenvalue weighted by atomic mass is 10.4. The van der Waals surface area contributed by atoms with Gasteiger partial charge in [-0.3, -0.25) is 0 Å². The van der Waals surface area contributed by atoms with E-state index in [4.69, 9.17) is 5.26 Å². The molecule has 0 aliphatic heterocycles. The fraction of sp³-hybridized carbons (Fsp3) is 0.125. The van der Waals surface area contributed by atoms with Gasteiger partial charge in [-0.15, -0.1) is 5.26 Å². The summed E-state index contributed by atoms with van der Waals surface area (Å²) in [6, 6.07) is 0. The van der Waals surface area contributed by atoms with Crippen LogP contribution >= 0.6 is 0 Å². The predicted octanol–water partition coefficient (Wildman–Crippen LogP) is 2.13. The molecule has 0 fully saturated rings. The molecule has 0 saturated heterocycles. The second kappa shape index (κ2) is 5.64. The van der Waals surface area contributed by atoms with Crippen LogP contribution in [0.2, 0.25) is 0 Å². The molecule has 0 bridgehead atoms. The van der Waals surface area contributed by atoms with Gasteiger partial charge < -0.3 is 4.74 Å². The first kappa shape index (κ1) is 8.51. The third-order valence-corrected chi connectivity index (χ3v) is 0.818. The predicted molar refractivity (Wildman–Crippen MR) is 39.8 cm³/mol. The van der Waals surface area contributed by atoms with Crippen molar-refractivity contribution in [3.8, 4) is 6.26 Å². The summed E-state index contributed by atoms with van der Waals surface area (Å²) in [6.07, 6.45) is 8.30. The molecule has 52 valence electrons. The number of ether oxygens (including phenoxy) is 1. The van der Waals surface area contributed by atoms with E-state index in [2.05, 4.69) is 11.3 Å². The van der Waals surface area contributed by atoms with Crippen LogP contribution in [0.1, 0.15) is 6.92 Å². The van der Waals surface area contributed by atoms with Gasteiger partial charge in [0, 0.05) is 0 Å². The molecule has 0 radical (unpaired) electrons. The Morgan fingerprint density at radius 2 is 2.40 bits per heavy atom. The molecular formula is C8H9NO. The average Bonchev–Trinajstić information content (AvgIpc) is 1.98. The van der Waals surface area contributed by atoms with Crippen LogP contribution in [-0.2, 0) is 4.74 Å². The zero-order valence-corrected chi connectivity index (χ0v) is 5.87. The quantitative estimate of drug-likeness (QED) is 0.337. The second-order valence-electron chi connectivity index (χ2n) is 1.49. The van der Waals surface area contributed by atoms with Gasteiger partial charge >= 0.3 is 0 Å². The molecular weight excluding hydrogens is 126 g/mol. The molecule has 0 aliphatic rings. The van der Waals surface area contributed by atoms with E-state index in [-0.39, 0.29) is 0 Å². The highest BCUT2D eigenvalue weighted by Gasteiger charge is 1.84. The second-order valence-corrected chi connectivity index (χ2v) is 1.49. The Hall–Kier alpha value is -1.49. The van der Waals surface area contributed by atoms with Gasteiger partial charge in [0.25, 0.3) is 6.26 Å². The third-order valence-electron chi connectivity index (χ3n) is 0.818. The summed E-state index contributed by atoms with van der Waals surface area (Å²) in [4.78, 5) is 0. The number of allylic oxidation sites excluding steroid dienone is 4. The van der Waals surface area contributed by atoms with Crippen molar-refractivity contribution in [1.29, 1.82) is 5.26 Å². The number of rotatable bonds is 3. The van der Waals surface area contributed by atoms with Gasteiger partial charge in [-0.1, -0.05) is 18.7 Å². The van der Waals surface area contributed by atoms with E-state index in [0.29, 0.717) is 5.76 Å². The fourth-order valence-electron chi connectivity index (χ4n) is 0.387. The van der Waals surface area contributed by atoms with Crippen LogP contribution in [0.4, 0.5) is 0 Å². The molecule has 0 aliphatic carbocycles. The normalized spacial score (nSPS) is 11.0. The molecule has 0 spiro atoms. The third kappa shape index (κ3) is 3.50. The van der Waals surface area contributed by atoms with Crippen molar-refractivity contribution in [3.05, 3.63) is 36.6 Å². The summed E-state index contributed by atoms with van der Waals surface area (Å²) in [7, 11) is 0. The van der Waals surface area contributed by atoms with Gasteiger partial charge in [-0.2, -0.15) is 0 Å². The Labute approximate surface area is 60.7 Å². The zero-order chi connectivity index (χ0) is 7.82. The van der Waals surface area contributed by atoms with Crippen molar-refractivity contribution in [1.82, 2.24) is 0 Å². The largest absolute Gasteiger partial charge is 0.388 e. The van der Waals surface area contributed by atoms with E-state index in [1.54, 1.807) is 18.4 Å². The highest BCUT2D eigenvalue weighted by atomic mass is 16.5. The van der Waals surface area contributed by atoms with Crippen LogP contribution in [0, 0.1) is 11.5 Å². The Bertz CT molecular complexity index is 196. The highest BCUT2D eigenvalue weighted by molar-refractivity contribution is 5.16. The molecule has 0 heterocycles. The van der Waals surface area contributed by atoms with Crippen molar-refractivity contribution < 1.29 is 4.74 Å². The molecule has 0 aromatic rings. The van der Waals surface area contributed by atoms with Crippen molar-refractivity contribution in [2.45, 2.75) is 6.92 Å². The fourth-order valence-corrected chi connectivity index (χ4v) is 0.387. The summed E-state index contributed by atoms with van der Waals surface area (Å²) >= 11 is 0. The summed E-state index contributed by atoms with van der Waals surface area (Å²) in [5, 5.41) is 8.08. The Kier molecular flexibility index (Phi) is 4.80. The Balaban J connectivity index is 4.06. The molecule has 0 unspecified atom stereocenters. The van der Waals surface area contributed by atoms with Crippen LogP contribution < -0.4 is 0 Å². The standard InChI is InChI=1S/C8H9NO/c1-3-5-6-8(4-2)10-7-9/h3-6H,2H2,1H3/b5-3-,8-6+. The van der Waals surface area contributed by atoms with Crippen molar-refractivity contribution in [2.24, 2.45) is 0 Å². The minimum Gasteiger partial charge on any atom is -0.388 e. The smallest absolute Gasteiger partial charge is 0.292 e. The van der Waals surface area contributed by atoms with E-state index in [9.17, 15) is 0 Å². The maximum absolute atomic E-state index is 8.08. The zero-order valence-electron chi connectivity index (χ0n) is 5.87. The number of hydrogen-bond donors (Lipinski definition) is 0. The molecule has 2 heteroatoms. The molecule has 0 aromatic heterocycles. The lowest BCUT2D eigenvalue weighted by Gasteiger charge is -1.90. The summed E-state index contributed by atoms with van der Waals surface area (Å²) in [5.41, 5.74) is 0. The molecule has 0 amide bonds. The van der Waals surface area contributed by atoms with E-state index in [1.807, 2.05) is 13.0 Å². The van der Waals surface area contributed by atoms with Crippen LogP contribution in [-0.4, -0.2) is 0 Å². The van der Waals surface area contributed by atoms with Crippen LogP contribution in [0.15, 0.2) is 36.6 Å². The lowest BCUT2D eigenvalue weighted by molar-refractivity contribution is 0.393. The van der Waals surface area contributed by atoms with Gasteiger partial charge in [0.1, 0.15) is 5.76 Å². The van der Waals surface area contributed by atoms with Gasteiger partial charge in [0.15, 0.2) is 0 Å². The van der Waals surface area contributed by atoms with E-state index in [1.165, 1.54) is 6.08 Å². The van der Waals surface area contributed by atoms with E-state index in [0.717, 1.165) is 0 Å². The van der Waals surface area contributed by atoms with E-state index >= 15 is 0 Å². The summed E-state index contributed by atoms with van der Waals surface area (Å²) < 4.78 is 4.49. The monoisotopic (exact) mass is 135 g/mol. The van der Waals surface area contributed by atoms with Gasteiger partial charge in [0.05, 0.1) is 0 Å². The maximum atomic E-state index is 8.08. The number of nitrogens with zero attached hydrogens (tertiary/aromatic N) is 1. The van der Waals surface area contributed by atoms with Crippen molar-refractivity contribution in [3.63, 3.8) is 0 Å². The van der Waals surface area contributed by atoms with Crippen molar-refractivity contribution >= 4 is 0 Å². The highest BCUT2D eigenvalue weighted by Crippen LogP contribution is 1.96. The minimum atomic E-state index is 0.459. The molecule has 0 atom stereocenters. The summed E-state index contributed by atoms with van der Waals surface area (Å²) in [6.45, 7) is 5.33. The molecule has 0 N–H and O–H groups in total. The number of hydrogen-bond acceptors (Lipinski definition) is 2. The molecule has 2 nitrogen and oxygen atoms in total. The van der Waals surface area contributed by atoms with Crippen molar-refractivity contribution in [2.75, 3.05) is 0 Å². The van der Waals surface area contributed by atoms with Crippen LogP contribution in [0.3, 0.4) is 0 Å². The first-order chi connectivity index (χ1) is 4.85. The SMILES string of the molecule is C=C/C(=C\C=C/C)OC#N. The average molecular weight is 135 g/mol. The number of nitriles is 1. The maximum Gasteiger partial charge on any atom is 0.292 e. The Morgan fingerprint density at radius 1 is 1.70 bits per heavy atom. The topological polar surface area (TPSA) is 33.0 Å². The molecule has 0 aromatic carbocycles. The van der Waals surface area contributed by atoms with Gasteiger partial charge in [-0.05, 0) is 19.1 Å². The first-order valence-corrected chi connectivity index (χ1v) is 2.86. The molecule has 0 rings (SSSR count). The lowest BCUT2D eigenvalue weighted by Crippen LogP contribution is -1.77. The van der Waals surface area contributed by atoms with Gasteiger partial charge in [0.2, 0.25) is 0 Å². The Morgan fingerprint density at radius 3 is 2.80 bits per heavy atom. The van der Waals surface area contributed by atoms with Crippen LogP contribution in [0.25, 0.3) is 0 Å². The first-order valence-electron chi connectivity index (χ1n) is 2.86. The molecule has 0 saturated carbocycles. The van der Waals surface area contributed by atoms with Gasteiger partial charge in [-0.25, -0.2) is 0 Å². The molecule has 10 heavy (non-hydrogen) atoms.